The fourth-order valence-corrected chi connectivity index (χ4v) is 3.28. The number of carbonyl (C=O) groups is 2. The number of nitrogen functional groups attached to an aromatic ring is 1. The molecule has 11 heteroatoms. The minimum absolute atomic E-state index is 0.0164. The van der Waals surface area contributed by atoms with Gasteiger partial charge in [0.2, 0.25) is 5.91 Å². The summed E-state index contributed by atoms with van der Waals surface area (Å²) in [6.07, 6.45) is 0. The molecule has 34 heavy (non-hydrogen) atoms. The van der Waals surface area contributed by atoms with E-state index >= 15 is 0 Å². The van der Waals surface area contributed by atoms with Gasteiger partial charge in [-0.3, -0.25) is 4.79 Å². The van der Waals surface area contributed by atoms with Gasteiger partial charge in [0.25, 0.3) is 0 Å². The van der Waals surface area contributed by atoms with Crippen LogP contribution in [-0.2, 0) is 9.53 Å². The molecule has 0 unspecified atom stereocenters. The van der Waals surface area contributed by atoms with E-state index in [1.807, 2.05) is 66.7 Å². The number of halogens is 1. The molecule has 0 radical (unpaired) electrons. The third kappa shape index (κ3) is 7.88. The number of para-hydroxylation sites is 1. The summed E-state index contributed by atoms with van der Waals surface area (Å²) >= 11 is 5.65. The predicted molar refractivity (Wildman–Crippen MR) is 135 cm³/mol. The molecule has 190 valence electrons. The van der Waals surface area contributed by atoms with Crippen molar-refractivity contribution in [2.45, 2.75) is 59.9 Å². The van der Waals surface area contributed by atoms with E-state index in [0.29, 0.717) is 19.0 Å². The molecule has 0 saturated carbocycles. The van der Waals surface area contributed by atoms with Crippen molar-refractivity contribution in [2.24, 2.45) is 0 Å². The molecule has 0 atom stereocenters. The normalized spacial score (nSPS) is 11.1. The van der Waals surface area contributed by atoms with E-state index in [1.165, 1.54) is 0 Å². The minimum Gasteiger partial charge on any atom is -0.383 e. The summed E-state index contributed by atoms with van der Waals surface area (Å²) in [5.74, 6) is 5.78. The smallest absolute Gasteiger partial charge is 0.373 e. The van der Waals surface area contributed by atoms with Gasteiger partial charge >= 0.3 is 11.7 Å². The number of ether oxygens (including phenoxy) is 1. The van der Waals surface area contributed by atoms with Crippen LogP contribution in [0.25, 0.3) is 0 Å². The molecular weight excluding hydrogens is 460 g/mol. The molecule has 2 amide bonds. The van der Waals surface area contributed by atoms with E-state index in [1.54, 1.807) is 12.0 Å². The number of nitrogens with one attached hydrogen (secondary N) is 1. The maximum atomic E-state index is 11.9. The van der Waals surface area contributed by atoms with Crippen LogP contribution in [0.15, 0.2) is 23.0 Å². The molecule has 0 aliphatic carbocycles. The van der Waals surface area contributed by atoms with Crippen LogP contribution in [0.4, 0.5) is 10.5 Å². The van der Waals surface area contributed by atoms with Crippen molar-refractivity contribution in [3.63, 3.8) is 0 Å². The van der Waals surface area contributed by atoms with E-state index in [0.717, 1.165) is 26.2 Å². The van der Waals surface area contributed by atoms with Crippen molar-refractivity contribution in [1.82, 2.24) is 19.8 Å². The van der Waals surface area contributed by atoms with Gasteiger partial charge in [0.1, 0.15) is 5.88 Å². The lowest BCUT2D eigenvalue weighted by molar-refractivity contribution is -0.116. The van der Waals surface area contributed by atoms with Crippen molar-refractivity contribution in [3.8, 4) is 0 Å². The Morgan fingerprint density at radius 2 is 1.79 bits per heavy atom. The molecule has 0 aliphatic rings. The molecule has 0 bridgehead atoms. The Morgan fingerprint density at radius 1 is 1.24 bits per heavy atom. The second-order valence-electron chi connectivity index (χ2n) is 9.17. The van der Waals surface area contributed by atoms with Gasteiger partial charge in [-0.05, 0) is 45.7 Å². The average Bonchev–Trinajstić information content (AvgIpc) is 3.04. The highest BCUT2D eigenvalue weighted by Crippen LogP contribution is 2.24. The van der Waals surface area contributed by atoms with Crippen molar-refractivity contribution in [2.75, 3.05) is 36.9 Å². The number of amides is 2. The predicted octanol–water partition coefficient (Wildman–Crippen LogP) is 2.76. The van der Waals surface area contributed by atoms with Crippen molar-refractivity contribution in [1.29, 1.82) is 0 Å². The van der Waals surface area contributed by atoms with Crippen LogP contribution < -0.4 is 21.7 Å². The zero-order chi connectivity index (χ0) is 26.2. The minimum atomic E-state index is -0.643. The molecule has 1 aromatic heterocycles. The molecular formula is C23H37ClN6O4. The largest absolute Gasteiger partial charge is 0.383 e. The first kappa shape index (κ1) is 29.2. The zero-order valence-corrected chi connectivity index (χ0v) is 22.1. The standard InChI is InChI=1S/C13H18ClNO2.C10H19N5O2/c1-10-5-4-6-11(2)13(10)15(7-8-17-3)12(16)9-14;1-6(2)7-13-15(9(17)14(7)11)8(16)12-10(3,4)5/h4-6H,7-9H2,1-3H3;6H,11H2,1-5H3,(H,12,16). The monoisotopic (exact) mass is 496 g/mol. The first-order chi connectivity index (χ1) is 15.7. The van der Waals surface area contributed by atoms with E-state index < -0.39 is 17.3 Å². The topological polar surface area (TPSA) is 124 Å². The van der Waals surface area contributed by atoms with Crippen LogP contribution in [0, 0.1) is 13.8 Å². The first-order valence-corrected chi connectivity index (χ1v) is 11.5. The van der Waals surface area contributed by atoms with Gasteiger partial charge in [0.05, 0.1) is 6.61 Å². The summed E-state index contributed by atoms with van der Waals surface area (Å²) in [5, 5.41) is 6.57. The number of nitrogens with zero attached hydrogens (tertiary/aromatic N) is 4. The second-order valence-corrected chi connectivity index (χ2v) is 9.44. The molecule has 0 aliphatic heterocycles. The highest BCUT2D eigenvalue weighted by Gasteiger charge is 2.22. The Hall–Kier alpha value is -2.85. The number of methoxy groups -OCH3 is 1. The van der Waals surface area contributed by atoms with E-state index in [2.05, 4.69) is 10.4 Å². The fourth-order valence-electron chi connectivity index (χ4n) is 3.14. The molecule has 10 nitrogen and oxygen atoms in total. The van der Waals surface area contributed by atoms with Crippen LogP contribution in [0.5, 0.6) is 0 Å². The highest BCUT2D eigenvalue weighted by atomic mass is 35.5. The van der Waals surface area contributed by atoms with E-state index in [9.17, 15) is 14.4 Å². The number of hydrogen-bond acceptors (Lipinski definition) is 6. The molecule has 0 saturated heterocycles. The van der Waals surface area contributed by atoms with Crippen LogP contribution in [0.3, 0.4) is 0 Å². The summed E-state index contributed by atoms with van der Waals surface area (Å²) in [6.45, 7) is 14.1. The molecule has 0 spiro atoms. The highest BCUT2D eigenvalue weighted by molar-refractivity contribution is 6.29. The molecule has 1 aromatic carbocycles. The van der Waals surface area contributed by atoms with Crippen molar-refractivity contribution in [3.05, 3.63) is 45.6 Å². The Kier molecular flexibility index (Phi) is 10.8. The number of aryl methyl sites for hydroxylation is 2. The van der Waals surface area contributed by atoms with Gasteiger partial charge in [-0.2, -0.15) is 4.68 Å². The van der Waals surface area contributed by atoms with Crippen LogP contribution >= 0.6 is 11.6 Å². The molecule has 3 N–H and O–H groups in total. The maximum Gasteiger partial charge on any atom is 0.373 e. The molecule has 0 fully saturated rings. The lowest BCUT2D eigenvalue weighted by Crippen LogP contribution is -2.47. The Balaban J connectivity index is 0.000000340. The second kappa shape index (κ2) is 12.6. The Labute approximate surface area is 206 Å². The Bertz CT molecular complexity index is 1020. The lowest BCUT2D eigenvalue weighted by atomic mass is 10.1. The van der Waals surface area contributed by atoms with Gasteiger partial charge in [-0.1, -0.05) is 32.0 Å². The number of nitrogens with two attached hydrogens (primary N) is 1. The third-order valence-corrected chi connectivity index (χ3v) is 4.90. The van der Waals surface area contributed by atoms with Gasteiger partial charge < -0.3 is 20.8 Å². The summed E-state index contributed by atoms with van der Waals surface area (Å²) in [5.41, 5.74) is 2.00. The SMILES string of the molecule is CC(C)c1nn(C(=O)NC(C)(C)C)c(=O)n1N.COCCN(C(=O)CCl)c1c(C)cccc1C. The van der Waals surface area contributed by atoms with Crippen molar-refractivity contribution >= 4 is 29.2 Å². The average molecular weight is 497 g/mol. The van der Waals surface area contributed by atoms with Gasteiger partial charge in [-0.15, -0.1) is 21.4 Å². The zero-order valence-electron chi connectivity index (χ0n) is 21.3. The fraction of sp³-hybridized carbons (Fsp3) is 0.565. The van der Waals surface area contributed by atoms with Crippen LogP contribution in [-0.4, -0.2) is 58.1 Å². The number of anilines is 1. The number of hydrogen-bond donors (Lipinski definition) is 2. The van der Waals surface area contributed by atoms with Gasteiger partial charge in [0.15, 0.2) is 5.82 Å². The van der Waals surface area contributed by atoms with E-state index in [4.69, 9.17) is 22.2 Å². The summed E-state index contributed by atoms with van der Waals surface area (Å²) in [7, 11) is 1.62. The third-order valence-electron chi connectivity index (χ3n) is 4.67. The summed E-state index contributed by atoms with van der Waals surface area (Å²) in [4.78, 5) is 37.0. The van der Waals surface area contributed by atoms with Crippen LogP contribution in [0.1, 0.15) is 57.5 Å². The number of benzene rings is 1. The molecule has 2 aromatic rings. The quantitative estimate of drug-likeness (QED) is 0.468. The Morgan fingerprint density at radius 3 is 2.21 bits per heavy atom. The number of aromatic nitrogens is 3. The molecule has 1 heterocycles. The van der Waals surface area contributed by atoms with Gasteiger partial charge in [0, 0.05) is 30.8 Å². The summed E-state index contributed by atoms with van der Waals surface area (Å²) < 4.78 is 6.68. The van der Waals surface area contributed by atoms with Crippen molar-refractivity contribution < 1.29 is 14.3 Å². The number of rotatable bonds is 6. The van der Waals surface area contributed by atoms with E-state index in [-0.39, 0.29) is 17.7 Å². The van der Waals surface area contributed by atoms with Gasteiger partial charge in [-0.25, -0.2) is 9.59 Å². The summed E-state index contributed by atoms with van der Waals surface area (Å²) in [6, 6.07) is 5.38. The molecule has 2 rings (SSSR count). The number of carbonyl (C=O) groups excluding carboxylic acids is 2. The number of alkyl halides is 1. The van der Waals surface area contributed by atoms with Crippen LogP contribution in [0.2, 0.25) is 0 Å². The maximum absolute atomic E-state index is 11.9. The first-order valence-electron chi connectivity index (χ1n) is 11.0. The lowest BCUT2D eigenvalue weighted by Gasteiger charge is -2.25.